The van der Waals surface area contributed by atoms with Crippen LogP contribution >= 0.6 is 23.8 Å². The number of nitrogens with zero attached hydrogens (tertiary/aromatic N) is 1. The van der Waals surface area contributed by atoms with E-state index in [9.17, 15) is 0 Å². The zero-order valence-corrected chi connectivity index (χ0v) is 12.7. The standard InChI is InChI=1S/C13H20ClN3S/c1-16(2)9-8-15-13(18)17(3)10-11-4-6-12(14)7-5-11/h4-7H,8-10H2,1-3H3,(H,15,18)/p+1. The third-order valence-electron chi connectivity index (χ3n) is 2.58. The van der Waals surface area contributed by atoms with Crippen LogP contribution in [0, 0.1) is 0 Å². The molecule has 0 aliphatic heterocycles. The molecule has 2 N–H and O–H groups in total. The first kappa shape index (κ1) is 15.2. The zero-order valence-electron chi connectivity index (χ0n) is 11.2. The highest BCUT2D eigenvalue weighted by atomic mass is 35.5. The first-order valence-corrected chi connectivity index (χ1v) is 6.80. The molecule has 0 bridgehead atoms. The van der Waals surface area contributed by atoms with Gasteiger partial charge in [-0.1, -0.05) is 23.7 Å². The van der Waals surface area contributed by atoms with Crippen LogP contribution in [0.15, 0.2) is 24.3 Å². The molecule has 0 aliphatic carbocycles. The Balaban J connectivity index is 2.37. The molecule has 0 radical (unpaired) electrons. The van der Waals surface area contributed by atoms with Crippen LogP contribution in [-0.4, -0.2) is 44.2 Å². The van der Waals surface area contributed by atoms with Crippen molar-refractivity contribution in [2.75, 3.05) is 34.2 Å². The molecule has 1 rings (SSSR count). The number of hydrogen-bond acceptors (Lipinski definition) is 1. The molecule has 3 nitrogen and oxygen atoms in total. The molecular formula is C13H21ClN3S+. The summed E-state index contributed by atoms with van der Waals surface area (Å²) in [6, 6.07) is 7.84. The maximum atomic E-state index is 5.85. The van der Waals surface area contributed by atoms with Crippen molar-refractivity contribution in [1.29, 1.82) is 0 Å². The van der Waals surface area contributed by atoms with E-state index < -0.39 is 0 Å². The van der Waals surface area contributed by atoms with Gasteiger partial charge in [0.05, 0.1) is 27.2 Å². The van der Waals surface area contributed by atoms with Gasteiger partial charge in [-0.15, -0.1) is 0 Å². The lowest BCUT2D eigenvalue weighted by Crippen LogP contribution is -3.06. The number of halogens is 1. The number of hydrogen-bond donors (Lipinski definition) is 2. The molecule has 0 heterocycles. The van der Waals surface area contributed by atoms with Gasteiger partial charge in [0.25, 0.3) is 0 Å². The van der Waals surface area contributed by atoms with Crippen LogP contribution in [0.2, 0.25) is 5.02 Å². The van der Waals surface area contributed by atoms with E-state index in [1.807, 2.05) is 36.2 Å². The predicted molar refractivity (Wildman–Crippen MR) is 81.2 cm³/mol. The lowest BCUT2D eigenvalue weighted by molar-refractivity contribution is -0.856. The summed E-state index contributed by atoms with van der Waals surface area (Å²) in [6.45, 7) is 2.73. The number of nitrogens with one attached hydrogen (secondary N) is 2. The van der Waals surface area contributed by atoms with Crippen molar-refractivity contribution in [2.45, 2.75) is 6.54 Å². The molecule has 100 valence electrons. The number of thiocarbonyl (C=S) groups is 1. The molecule has 0 aromatic heterocycles. The van der Waals surface area contributed by atoms with Crippen molar-refractivity contribution in [3.05, 3.63) is 34.9 Å². The summed E-state index contributed by atoms with van der Waals surface area (Å²) in [4.78, 5) is 3.44. The van der Waals surface area contributed by atoms with Gasteiger partial charge in [0.1, 0.15) is 0 Å². The van der Waals surface area contributed by atoms with Gasteiger partial charge in [-0.25, -0.2) is 0 Å². The average molecular weight is 287 g/mol. The lowest BCUT2D eigenvalue weighted by atomic mass is 10.2. The molecule has 0 saturated carbocycles. The Kier molecular flexibility index (Phi) is 6.39. The van der Waals surface area contributed by atoms with Gasteiger partial charge in [-0.05, 0) is 29.9 Å². The molecule has 5 heteroatoms. The summed E-state index contributed by atoms with van der Waals surface area (Å²) in [5.41, 5.74) is 1.20. The fourth-order valence-corrected chi connectivity index (χ4v) is 1.78. The molecule has 0 atom stereocenters. The Labute approximate surface area is 120 Å². The van der Waals surface area contributed by atoms with E-state index >= 15 is 0 Å². The SMILES string of the molecule is CN(Cc1ccc(Cl)cc1)C(=S)NCC[NH+](C)C. The average Bonchev–Trinajstić information content (AvgIpc) is 2.31. The number of quaternary nitrogens is 1. The molecule has 0 aliphatic rings. The Hall–Kier alpha value is -0.840. The largest absolute Gasteiger partial charge is 0.357 e. The van der Waals surface area contributed by atoms with E-state index in [0.29, 0.717) is 0 Å². The Bertz CT molecular complexity index is 378. The van der Waals surface area contributed by atoms with Crippen LogP contribution < -0.4 is 10.2 Å². The Morgan fingerprint density at radius 2 is 1.94 bits per heavy atom. The van der Waals surface area contributed by atoms with E-state index in [-0.39, 0.29) is 0 Å². The molecule has 0 fully saturated rings. The van der Waals surface area contributed by atoms with Crippen molar-refractivity contribution in [1.82, 2.24) is 10.2 Å². The van der Waals surface area contributed by atoms with Crippen molar-refractivity contribution in [3.63, 3.8) is 0 Å². The third-order valence-corrected chi connectivity index (χ3v) is 3.29. The van der Waals surface area contributed by atoms with Gasteiger partial charge in [0, 0.05) is 18.6 Å². The molecule has 0 amide bonds. The summed E-state index contributed by atoms with van der Waals surface area (Å²) in [5.74, 6) is 0. The topological polar surface area (TPSA) is 19.7 Å². The second-order valence-corrected chi connectivity index (χ2v) is 5.49. The fraction of sp³-hybridized carbons (Fsp3) is 0.462. The maximum absolute atomic E-state index is 5.85. The van der Waals surface area contributed by atoms with Crippen LogP contribution in [0.3, 0.4) is 0 Å². The summed E-state index contributed by atoms with van der Waals surface area (Å²) >= 11 is 11.2. The summed E-state index contributed by atoms with van der Waals surface area (Å²) in [6.07, 6.45) is 0. The van der Waals surface area contributed by atoms with Gasteiger partial charge >= 0.3 is 0 Å². The van der Waals surface area contributed by atoms with E-state index in [4.69, 9.17) is 23.8 Å². The number of benzene rings is 1. The van der Waals surface area contributed by atoms with Gasteiger partial charge in [-0.3, -0.25) is 0 Å². The molecule has 0 spiro atoms. The van der Waals surface area contributed by atoms with Crippen molar-refractivity contribution >= 4 is 28.9 Å². The van der Waals surface area contributed by atoms with E-state index in [1.54, 1.807) is 0 Å². The smallest absolute Gasteiger partial charge is 0.169 e. The van der Waals surface area contributed by atoms with Crippen LogP contribution in [0.25, 0.3) is 0 Å². The molecule has 1 aromatic carbocycles. The minimum absolute atomic E-state index is 0.760. The van der Waals surface area contributed by atoms with Crippen LogP contribution in [0.5, 0.6) is 0 Å². The molecule has 18 heavy (non-hydrogen) atoms. The van der Waals surface area contributed by atoms with Gasteiger partial charge < -0.3 is 15.1 Å². The Morgan fingerprint density at radius 1 is 1.33 bits per heavy atom. The van der Waals surface area contributed by atoms with E-state index in [2.05, 4.69) is 19.4 Å². The number of likely N-dealkylation sites (N-methyl/N-ethyl adjacent to an activating group) is 1. The summed E-state index contributed by atoms with van der Waals surface area (Å²) in [5, 5.41) is 4.80. The normalized spacial score (nSPS) is 10.5. The molecule has 0 unspecified atom stereocenters. The highest BCUT2D eigenvalue weighted by Gasteiger charge is 2.05. The van der Waals surface area contributed by atoms with Crippen molar-refractivity contribution in [3.8, 4) is 0 Å². The first-order chi connectivity index (χ1) is 8.49. The first-order valence-electron chi connectivity index (χ1n) is 6.01. The number of rotatable bonds is 5. The maximum Gasteiger partial charge on any atom is 0.169 e. The van der Waals surface area contributed by atoms with Gasteiger partial charge in [0.2, 0.25) is 0 Å². The minimum atomic E-state index is 0.760. The molecular weight excluding hydrogens is 266 g/mol. The van der Waals surface area contributed by atoms with E-state index in [1.165, 1.54) is 10.5 Å². The van der Waals surface area contributed by atoms with E-state index in [0.717, 1.165) is 29.8 Å². The molecule has 1 aromatic rings. The predicted octanol–water partition coefficient (Wildman–Crippen LogP) is 0.791. The van der Waals surface area contributed by atoms with Crippen LogP contribution in [0.4, 0.5) is 0 Å². The van der Waals surface area contributed by atoms with Crippen LogP contribution in [-0.2, 0) is 6.54 Å². The monoisotopic (exact) mass is 286 g/mol. The fourth-order valence-electron chi connectivity index (χ4n) is 1.49. The second kappa shape index (κ2) is 7.56. The third kappa shape index (κ3) is 5.67. The lowest BCUT2D eigenvalue weighted by Gasteiger charge is -2.21. The summed E-state index contributed by atoms with van der Waals surface area (Å²) in [7, 11) is 6.25. The Morgan fingerprint density at radius 3 is 2.50 bits per heavy atom. The minimum Gasteiger partial charge on any atom is -0.357 e. The quantitative estimate of drug-likeness (QED) is 0.781. The van der Waals surface area contributed by atoms with Gasteiger partial charge in [0.15, 0.2) is 5.11 Å². The van der Waals surface area contributed by atoms with Crippen molar-refractivity contribution in [2.24, 2.45) is 0 Å². The van der Waals surface area contributed by atoms with Gasteiger partial charge in [-0.2, -0.15) is 0 Å². The zero-order chi connectivity index (χ0) is 13.5. The highest BCUT2D eigenvalue weighted by Crippen LogP contribution is 2.10. The van der Waals surface area contributed by atoms with Crippen LogP contribution in [0.1, 0.15) is 5.56 Å². The van der Waals surface area contributed by atoms with Crippen molar-refractivity contribution < 1.29 is 4.90 Å². The second-order valence-electron chi connectivity index (χ2n) is 4.67. The molecule has 0 saturated heterocycles. The summed E-state index contributed by atoms with van der Waals surface area (Å²) < 4.78 is 0. The highest BCUT2D eigenvalue weighted by molar-refractivity contribution is 7.80.